The fourth-order valence-electron chi connectivity index (χ4n) is 4.50. The number of nitrogens with one attached hydrogen (secondary N) is 2. The number of anilines is 1. The number of hydrogen-bond donors (Lipinski definition) is 2. The highest BCUT2D eigenvalue weighted by molar-refractivity contribution is 5.99. The number of ether oxygens (including phenoxy) is 2. The smallest absolute Gasteiger partial charge is 0.321 e. The molecule has 11 nitrogen and oxygen atoms in total. The van der Waals surface area contributed by atoms with Gasteiger partial charge in [0.2, 0.25) is 6.41 Å². The quantitative estimate of drug-likeness (QED) is 0.459. The van der Waals surface area contributed by atoms with E-state index in [1.807, 2.05) is 5.32 Å². The Bertz CT molecular complexity index is 1370. The molecule has 3 aromatic rings. The second-order valence-electron chi connectivity index (χ2n) is 8.52. The van der Waals surface area contributed by atoms with Crippen LogP contribution in [0.3, 0.4) is 0 Å². The molecule has 1 fully saturated rings. The number of rotatable bonds is 7. The van der Waals surface area contributed by atoms with Gasteiger partial charge in [0.1, 0.15) is 17.3 Å². The molecule has 37 heavy (non-hydrogen) atoms. The average Bonchev–Trinajstić information content (AvgIpc) is 3.44. The molecule has 0 bridgehead atoms. The van der Waals surface area contributed by atoms with E-state index >= 15 is 0 Å². The van der Waals surface area contributed by atoms with Crippen LogP contribution in [0.1, 0.15) is 27.7 Å². The van der Waals surface area contributed by atoms with E-state index in [0.717, 1.165) is 0 Å². The summed E-state index contributed by atoms with van der Waals surface area (Å²) in [6.07, 6.45) is 0.203. The molecule has 4 heterocycles. The Hall–Kier alpha value is -4.26. The highest BCUT2D eigenvalue weighted by Gasteiger charge is 2.35. The summed E-state index contributed by atoms with van der Waals surface area (Å²) in [7, 11) is 1.30. The lowest BCUT2D eigenvalue weighted by Crippen LogP contribution is -2.42. The highest BCUT2D eigenvalue weighted by Crippen LogP contribution is 2.33. The molecule has 1 aromatic carbocycles. The van der Waals surface area contributed by atoms with Crippen molar-refractivity contribution in [3.63, 3.8) is 0 Å². The van der Waals surface area contributed by atoms with Gasteiger partial charge in [-0.1, -0.05) is 6.07 Å². The minimum atomic E-state index is -0.965. The van der Waals surface area contributed by atoms with Gasteiger partial charge in [-0.05, 0) is 11.6 Å². The van der Waals surface area contributed by atoms with Crippen LogP contribution in [0.15, 0.2) is 28.7 Å². The Labute approximate surface area is 209 Å². The number of benzene rings is 1. The Kier molecular flexibility index (Phi) is 6.61. The molecule has 1 saturated heterocycles. The van der Waals surface area contributed by atoms with Crippen LogP contribution in [0.25, 0.3) is 11.1 Å². The van der Waals surface area contributed by atoms with E-state index in [1.165, 1.54) is 30.2 Å². The third-order valence-electron chi connectivity index (χ3n) is 6.28. The third-order valence-corrected chi connectivity index (χ3v) is 6.28. The molecule has 4 amide bonds. The zero-order chi connectivity index (χ0) is 26.1. The van der Waals surface area contributed by atoms with Gasteiger partial charge < -0.3 is 29.0 Å². The van der Waals surface area contributed by atoms with Crippen molar-refractivity contribution >= 4 is 35.3 Å². The number of urea groups is 1. The number of aromatic nitrogens is 1. The molecule has 2 aromatic heterocycles. The maximum Gasteiger partial charge on any atom is 0.321 e. The van der Waals surface area contributed by atoms with Crippen LogP contribution in [-0.2, 0) is 16.1 Å². The Balaban J connectivity index is 1.45. The lowest BCUT2D eigenvalue weighted by atomic mass is 10.1. The molecule has 0 unspecified atom stereocenters. The van der Waals surface area contributed by atoms with Gasteiger partial charge in [0.15, 0.2) is 28.8 Å². The molecular formula is C24H23F2N5O6. The molecule has 0 radical (unpaired) electrons. The largest absolute Gasteiger partial charge is 0.494 e. The summed E-state index contributed by atoms with van der Waals surface area (Å²) in [4.78, 5) is 43.5. The summed E-state index contributed by atoms with van der Waals surface area (Å²) in [6, 6.07) is 3.96. The van der Waals surface area contributed by atoms with Gasteiger partial charge in [-0.15, -0.1) is 0 Å². The normalized spacial score (nSPS) is 16.0. The molecule has 0 aliphatic carbocycles. The number of carbonyl (C=O) groups excluding carboxylic acids is 3. The van der Waals surface area contributed by atoms with Gasteiger partial charge >= 0.3 is 6.03 Å². The number of nitrogens with zero attached hydrogens (tertiary/aromatic N) is 3. The zero-order valence-electron chi connectivity index (χ0n) is 19.8. The fraction of sp³-hybridized carbons (Fsp3) is 0.333. The first-order valence-electron chi connectivity index (χ1n) is 11.5. The summed E-state index contributed by atoms with van der Waals surface area (Å²) in [6.45, 7) is 1.82. The molecule has 5 rings (SSSR count). The van der Waals surface area contributed by atoms with E-state index in [2.05, 4.69) is 10.3 Å². The van der Waals surface area contributed by atoms with E-state index in [-0.39, 0.29) is 48.0 Å². The maximum absolute atomic E-state index is 14.8. The molecule has 194 valence electrons. The first-order valence-corrected chi connectivity index (χ1v) is 11.5. The van der Waals surface area contributed by atoms with Crippen molar-refractivity contribution in [1.82, 2.24) is 20.5 Å². The van der Waals surface area contributed by atoms with Gasteiger partial charge in [0, 0.05) is 38.3 Å². The van der Waals surface area contributed by atoms with Crippen LogP contribution in [-0.4, -0.2) is 68.2 Å². The Morgan fingerprint density at radius 1 is 1.27 bits per heavy atom. The van der Waals surface area contributed by atoms with E-state index in [4.69, 9.17) is 13.9 Å². The standard InChI is InChI=1S/C24H23F2N5O6/c1-35-17-3-2-13-10-31(23(33)20(13)21(17)26)11-16(29-24(34)27-12-32)19-9-15-18(37-19)8-14(25)22(28-15)30-4-6-36-7-5-30/h2-3,8-9,12,16H,4-7,10-11H2,1H3,(H2,27,29,32,34)/t16-/m0/s1. The number of fused-ring (bicyclic) bond motifs is 2. The lowest BCUT2D eigenvalue weighted by molar-refractivity contribution is -0.108. The summed E-state index contributed by atoms with van der Waals surface area (Å²) < 4.78 is 45.7. The molecule has 0 saturated carbocycles. The van der Waals surface area contributed by atoms with Crippen LogP contribution in [0.4, 0.5) is 19.4 Å². The van der Waals surface area contributed by atoms with Crippen molar-refractivity contribution in [2.24, 2.45) is 0 Å². The minimum Gasteiger partial charge on any atom is -0.494 e. The average molecular weight is 515 g/mol. The van der Waals surface area contributed by atoms with Crippen molar-refractivity contribution in [3.05, 3.63) is 52.8 Å². The molecule has 2 N–H and O–H groups in total. The first-order chi connectivity index (χ1) is 17.9. The van der Waals surface area contributed by atoms with Gasteiger partial charge in [0.25, 0.3) is 5.91 Å². The highest BCUT2D eigenvalue weighted by atomic mass is 19.1. The molecule has 2 aliphatic rings. The molecule has 2 aliphatic heterocycles. The minimum absolute atomic E-state index is 0.0598. The van der Waals surface area contributed by atoms with E-state index < -0.39 is 29.6 Å². The van der Waals surface area contributed by atoms with Crippen LogP contribution in [0.5, 0.6) is 5.75 Å². The number of furan rings is 1. The van der Waals surface area contributed by atoms with Crippen molar-refractivity contribution in [2.75, 3.05) is 44.9 Å². The van der Waals surface area contributed by atoms with E-state index in [1.54, 1.807) is 11.0 Å². The van der Waals surface area contributed by atoms with Crippen LogP contribution >= 0.6 is 0 Å². The predicted molar refractivity (Wildman–Crippen MR) is 125 cm³/mol. The van der Waals surface area contributed by atoms with E-state index in [9.17, 15) is 23.2 Å². The number of imide groups is 1. The number of carbonyl (C=O) groups is 3. The maximum atomic E-state index is 14.8. The van der Waals surface area contributed by atoms with Crippen LogP contribution < -0.4 is 20.3 Å². The molecule has 1 atom stereocenters. The summed E-state index contributed by atoms with van der Waals surface area (Å²) in [5.41, 5.74) is 0.827. The lowest BCUT2D eigenvalue weighted by Gasteiger charge is -2.27. The van der Waals surface area contributed by atoms with Gasteiger partial charge in [-0.2, -0.15) is 0 Å². The van der Waals surface area contributed by atoms with Crippen LogP contribution in [0.2, 0.25) is 0 Å². The summed E-state index contributed by atoms with van der Waals surface area (Å²) in [5.74, 6) is -1.67. The number of methoxy groups -OCH3 is 1. The predicted octanol–water partition coefficient (Wildman–Crippen LogP) is 2.10. The zero-order valence-corrected chi connectivity index (χ0v) is 19.8. The number of pyridine rings is 1. The SMILES string of the molecule is COc1ccc2c(c1F)C(=O)N(C[C@H](NC(=O)NC=O)c1cc3nc(N4CCOCC4)c(F)cc3o1)C2. The molecule has 13 heteroatoms. The molecule has 0 spiro atoms. The van der Waals surface area contributed by atoms with Crippen molar-refractivity contribution in [3.8, 4) is 5.75 Å². The van der Waals surface area contributed by atoms with Gasteiger partial charge in [0.05, 0.1) is 25.9 Å². The molecular weight excluding hydrogens is 492 g/mol. The topological polar surface area (TPSA) is 126 Å². The summed E-state index contributed by atoms with van der Waals surface area (Å²) in [5, 5.41) is 4.54. The van der Waals surface area contributed by atoms with Crippen molar-refractivity contribution in [2.45, 2.75) is 12.6 Å². The summed E-state index contributed by atoms with van der Waals surface area (Å²) >= 11 is 0. The fourth-order valence-corrected chi connectivity index (χ4v) is 4.50. The Morgan fingerprint density at radius 3 is 2.78 bits per heavy atom. The van der Waals surface area contributed by atoms with Crippen molar-refractivity contribution < 1.29 is 37.1 Å². The van der Waals surface area contributed by atoms with E-state index in [0.29, 0.717) is 37.4 Å². The van der Waals surface area contributed by atoms with Gasteiger partial charge in [-0.25, -0.2) is 18.6 Å². The van der Waals surface area contributed by atoms with Crippen molar-refractivity contribution in [1.29, 1.82) is 0 Å². The number of hydrogen-bond acceptors (Lipinski definition) is 8. The first kappa shape index (κ1) is 24.4. The number of halogens is 2. The Morgan fingerprint density at radius 2 is 2.05 bits per heavy atom. The second-order valence-corrected chi connectivity index (χ2v) is 8.52. The second kappa shape index (κ2) is 10.0. The number of morpholine rings is 1. The van der Waals surface area contributed by atoms with Crippen LogP contribution in [0, 0.1) is 11.6 Å². The van der Waals surface area contributed by atoms with Gasteiger partial charge in [-0.3, -0.25) is 14.9 Å². The third kappa shape index (κ3) is 4.65. The monoisotopic (exact) mass is 515 g/mol. The number of amides is 4.